The Kier molecular flexibility index (Phi) is 6.38. The number of carbonyl (C=O) groups is 1. The van der Waals surface area contributed by atoms with E-state index in [1.165, 1.54) is 36.7 Å². The fourth-order valence-electron chi connectivity index (χ4n) is 3.37. The van der Waals surface area contributed by atoms with Gasteiger partial charge in [-0.1, -0.05) is 11.6 Å². The first-order valence-corrected chi connectivity index (χ1v) is 9.94. The predicted molar refractivity (Wildman–Crippen MR) is 98.4 cm³/mol. The average Bonchev–Trinajstić information content (AvgIpc) is 2.59. The number of benzene rings is 1. The van der Waals surface area contributed by atoms with Crippen molar-refractivity contribution in [3.8, 4) is 0 Å². The highest BCUT2D eigenvalue weighted by atomic mass is 35.5. The lowest BCUT2D eigenvalue weighted by atomic mass is 10.0. The van der Waals surface area contributed by atoms with Gasteiger partial charge < -0.3 is 5.32 Å². The molecular formula is C17H23ClFN3OS. The first-order valence-electron chi connectivity index (χ1n) is 8.41. The number of carbonyl (C=O) groups excluding carboxylic acids is 1. The Bertz CT molecular complexity index is 575. The van der Waals surface area contributed by atoms with E-state index >= 15 is 0 Å². The molecule has 2 heterocycles. The van der Waals surface area contributed by atoms with E-state index in [1.54, 1.807) is 6.07 Å². The van der Waals surface area contributed by atoms with Crippen LogP contribution in [-0.2, 0) is 4.79 Å². The fourth-order valence-corrected chi connectivity index (χ4v) is 4.46. The van der Waals surface area contributed by atoms with Crippen LogP contribution in [0.15, 0.2) is 18.2 Å². The summed E-state index contributed by atoms with van der Waals surface area (Å²) >= 11 is 7.75. The largest absolute Gasteiger partial charge is 0.322 e. The molecule has 0 aromatic heterocycles. The number of thioether (sulfide) groups is 1. The Labute approximate surface area is 151 Å². The van der Waals surface area contributed by atoms with Gasteiger partial charge in [0.15, 0.2) is 0 Å². The summed E-state index contributed by atoms with van der Waals surface area (Å²) < 4.78 is 13.7. The molecule has 7 heteroatoms. The maximum atomic E-state index is 13.7. The molecule has 24 heavy (non-hydrogen) atoms. The quantitative estimate of drug-likeness (QED) is 0.882. The van der Waals surface area contributed by atoms with Crippen molar-refractivity contribution in [1.82, 2.24) is 9.80 Å². The minimum absolute atomic E-state index is 0.177. The molecule has 0 aliphatic carbocycles. The van der Waals surface area contributed by atoms with Crippen molar-refractivity contribution in [3.63, 3.8) is 0 Å². The van der Waals surface area contributed by atoms with Crippen molar-refractivity contribution < 1.29 is 9.18 Å². The maximum absolute atomic E-state index is 13.7. The van der Waals surface area contributed by atoms with E-state index in [2.05, 4.69) is 15.1 Å². The number of halogens is 2. The van der Waals surface area contributed by atoms with Gasteiger partial charge >= 0.3 is 0 Å². The molecule has 2 fully saturated rings. The van der Waals surface area contributed by atoms with Crippen molar-refractivity contribution in [3.05, 3.63) is 29.0 Å². The molecule has 1 amide bonds. The average molecular weight is 372 g/mol. The summed E-state index contributed by atoms with van der Waals surface area (Å²) in [6, 6.07) is 4.93. The van der Waals surface area contributed by atoms with Crippen LogP contribution in [0.1, 0.15) is 12.8 Å². The number of rotatable bonds is 4. The van der Waals surface area contributed by atoms with E-state index in [0.29, 0.717) is 17.6 Å². The highest BCUT2D eigenvalue weighted by Crippen LogP contribution is 2.21. The molecule has 0 atom stereocenters. The number of piperidine rings is 1. The lowest BCUT2D eigenvalue weighted by Gasteiger charge is -2.39. The standard InChI is InChI=1S/C17H23ClFN3OS/c18-13-1-2-16(15(19)11-13)20-17(23)12-21-5-3-14(4-6-21)22-7-9-24-10-8-22/h1-2,11,14H,3-10,12H2,(H,20,23). The fraction of sp³-hybridized carbons (Fsp3) is 0.588. The van der Waals surface area contributed by atoms with Crippen LogP contribution in [-0.4, -0.2) is 66.0 Å². The molecule has 3 rings (SSSR count). The molecule has 0 bridgehead atoms. The zero-order valence-electron chi connectivity index (χ0n) is 13.6. The van der Waals surface area contributed by atoms with E-state index in [1.807, 2.05) is 11.8 Å². The van der Waals surface area contributed by atoms with Crippen LogP contribution in [0.4, 0.5) is 10.1 Å². The van der Waals surface area contributed by atoms with Crippen LogP contribution in [0.2, 0.25) is 5.02 Å². The minimum Gasteiger partial charge on any atom is -0.322 e. The summed E-state index contributed by atoms with van der Waals surface area (Å²) in [7, 11) is 0. The molecular weight excluding hydrogens is 349 g/mol. The first-order chi connectivity index (χ1) is 11.6. The molecule has 2 aliphatic heterocycles. The molecule has 132 valence electrons. The van der Waals surface area contributed by atoms with E-state index in [-0.39, 0.29) is 11.6 Å². The second-order valence-electron chi connectivity index (χ2n) is 6.33. The predicted octanol–water partition coefficient (Wildman–Crippen LogP) is 2.93. The molecule has 4 nitrogen and oxygen atoms in total. The summed E-state index contributed by atoms with van der Waals surface area (Å²) in [5.41, 5.74) is 0.185. The van der Waals surface area contributed by atoms with Crippen molar-refractivity contribution in [1.29, 1.82) is 0 Å². The summed E-state index contributed by atoms with van der Waals surface area (Å²) in [6.07, 6.45) is 2.21. The molecule has 0 unspecified atom stereocenters. The highest BCUT2D eigenvalue weighted by Gasteiger charge is 2.26. The molecule has 2 saturated heterocycles. The van der Waals surface area contributed by atoms with Gasteiger partial charge in [0.1, 0.15) is 5.82 Å². The van der Waals surface area contributed by atoms with Gasteiger partial charge in [-0.2, -0.15) is 11.8 Å². The van der Waals surface area contributed by atoms with Gasteiger partial charge in [-0.05, 0) is 31.0 Å². The molecule has 0 saturated carbocycles. The smallest absolute Gasteiger partial charge is 0.238 e. The molecule has 2 aliphatic rings. The van der Waals surface area contributed by atoms with E-state index in [9.17, 15) is 9.18 Å². The Morgan fingerprint density at radius 1 is 1.25 bits per heavy atom. The lowest BCUT2D eigenvalue weighted by Crippen LogP contribution is -2.49. The third kappa shape index (κ3) is 4.85. The van der Waals surface area contributed by atoms with Crippen LogP contribution < -0.4 is 5.32 Å². The maximum Gasteiger partial charge on any atom is 0.238 e. The number of anilines is 1. The third-order valence-corrected chi connectivity index (χ3v) is 5.87. The molecule has 1 N–H and O–H groups in total. The van der Waals surface area contributed by atoms with Crippen LogP contribution in [0.3, 0.4) is 0 Å². The van der Waals surface area contributed by atoms with Crippen LogP contribution >= 0.6 is 23.4 Å². The highest BCUT2D eigenvalue weighted by molar-refractivity contribution is 7.99. The van der Waals surface area contributed by atoms with Crippen molar-refractivity contribution in [2.24, 2.45) is 0 Å². The van der Waals surface area contributed by atoms with Crippen molar-refractivity contribution >= 4 is 35.0 Å². The summed E-state index contributed by atoms with van der Waals surface area (Å²) in [6.45, 7) is 4.53. The second-order valence-corrected chi connectivity index (χ2v) is 7.99. The van der Waals surface area contributed by atoms with Crippen LogP contribution in [0.25, 0.3) is 0 Å². The number of hydrogen-bond acceptors (Lipinski definition) is 4. The van der Waals surface area contributed by atoms with Crippen molar-refractivity contribution in [2.45, 2.75) is 18.9 Å². The van der Waals surface area contributed by atoms with E-state index < -0.39 is 5.82 Å². The minimum atomic E-state index is -0.502. The number of hydrogen-bond donors (Lipinski definition) is 1. The van der Waals surface area contributed by atoms with Gasteiger partial charge in [-0.25, -0.2) is 4.39 Å². The summed E-state index contributed by atoms with van der Waals surface area (Å²) in [4.78, 5) is 16.9. The molecule has 1 aromatic carbocycles. The topological polar surface area (TPSA) is 35.6 Å². The molecule has 0 spiro atoms. The number of nitrogens with one attached hydrogen (secondary N) is 1. The van der Waals surface area contributed by atoms with E-state index in [0.717, 1.165) is 25.9 Å². The number of likely N-dealkylation sites (tertiary alicyclic amines) is 1. The van der Waals surface area contributed by atoms with Gasteiger partial charge in [0.2, 0.25) is 5.91 Å². The monoisotopic (exact) mass is 371 g/mol. The number of amides is 1. The second kappa shape index (κ2) is 8.52. The van der Waals surface area contributed by atoms with Gasteiger partial charge in [0.25, 0.3) is 0 Å². The van der Waals surface area contributed by atoms with Crippen molar-refractivity contribution in [2.75, 3.05) is 49.5 Å². The third-order valence-electron chi connectivity index (χ3n) is 4.69. The molecule has 1 aromatic rings. The molecule has 0 radical (unpaired) electrons. The summed E-state index contributed by atoms with van der Waals surface area (Å²) in [5, 5.41) is 2.95. The first kappa shape index (κ1) is 18.0. The van der Waals surface area contributed by atoms with Gasteiger partial charge in [-0.3, -0.25) is 14.6 Å². The summed E-state index contributed by atoms with van der Waals surface area (Å²) in [5.74, 6) is 1.78. The van der Waals surface area contributed by atoms with Crippen LogP contribution in [0, 0.1) is 5.82 Å². The van der Waals surface area contributed by atoms with E-state index in [4.69, 9.17) is 11.6 Å². The Morgan fingerprint density at radius 3 is 2.62 bits per heavy atom. The van der Waals surface area contributed by atoms with Gasteiger partial charge in [0, 0.05) is 48.7 Å². The Hall–Kier alpha value is -0.820. The lowest BCUT2D eigenvalue weighted by molar-refractivity contribution is -0.117. The Balaban J connectivity index is 1.44. The van der Waals surface area contributed by atoms with Crippen LogP contribution in [0.5, 0.6) is 0 Å². The SMILES string of the molecule is O=C(CN1CCC(N2CCSCC2)CC1)Nc1ccc(Cl)cc1F. The van der Waals surface area contributed by atoms with Gasteiger partial charge in [0.05, 0.1) is 12.2 Å². The van der Waals surface area contributed by atoms with Gasteiger partial charge in [-0.15, -0.1) is 0 Å². The number of nitrogens with zero attached hydrogens (tertiary/aromatic N) is 2. The zero-order chi connectivity index (χ0) is 16.9. The Morgan fingerprint density at radius 2 is 1.96 bits per heavy atom. The zero-order valence-corrected chi connectivity index (χ0v) is 15.2. The normalized spacial score (nSPS) is 20.9.